The molecule has 1 unspecified atom stereocenters. The molecule has 0 radical (unpaired) electrons. The minimum atomic E-state index is -4.28. The predicted octanol–water partition coefficient (Wildman–Crippen LogP) is 3.46. The zero-order valence-corrected chi connectivity index (χ0v) is 11.7. The number of hydrogen-bond donors (Lipinski definition) is 1. The van der Waals surface area contributed by atoms with E-state index in [0.29, 0.717) is 6.42 Å². The number of ether oxygens (including phenoxy) is 1. The van der Waals surface area contributed by atoms with Gasteiger partial charge in [-0.25, -0.2) is 0 Å². The minimum absolute atomic E-state index is 0.0433. The summed E-state index contributed by atoms with van der Waals surface area (Å²) in [5.74, 6) is 0. The molecule has 2 aromatic rings. The van der Waals surface area contributed by atoms with Crippen molar-refractivity contribution in [2.24, 2.45) is 0 Å². The number of rotatable bonds is 6. The van der Waals surface area contributed by atoms with Crippen LogP contribution in [0.1, 0.15) is 18.0 Å². The number of alkyl halides is 3. The fourth-order valence-corrected chi connectivity index (χ4v) is 2.29. The van der Waals surface area contributed by atoms with Crippen molar-refractivity contribution in [3.63, 3.8) is 0 Å². The summed E-state index contributed by atoms with van der Waals surface area (Å²) in [6.45, 7) is -1.16. The Morgan fingerprint density at radius 2 is 2.10 bits per heavy atom. The maximum Gasteiger partial charge on any atom is 0.411 e. The maximum absolute atomic E-state index is 12.0. The number of aromatic nitrogens is 1. The van der Waals surface area contributed by atoms with Crippen molar-refractivity contribution >= 4 is 10.8 Å². The SMILES string of the molecule is CNC(CCOCC(F)(F)F)c1cccc2ccncc12. The average Bonchev–Trinajstić information content (AvgIpc) is 2.46. The van der Waals surface area contributed by atoms with Crippen molar-refractivity contribution in [3.05, 3.63) is 42.2 Å². The van der Waals surface area contributed by atoms with Crippen LogP contribution in [0.5, 0.6) is 0 Å². The summed E-state index contributed by atoms with van der Waals surface area (Å²) in [6.07, 6.45) is -0.336. The first-order chi connectivity index (χ1) is 10.0. The molecule has 2 rings (SSSR count). The van der Waals surface area contributed by atoms with Gasteiger partial charge in [-0.1, -0.05) is 18.2 Å². The molecule has 1 N–H and O–H groups in total. The normalized spacial score (nSPS) is 13.5. The summed E-state index contributed by atoms with van der Waals surface area (Å²) in [5, 5.41) is 5.17. The molecule has 6 heteroatoms. The number of nitrogens with zero attached hydrogens (tertiary/aromatic N) is 1. The van der Waals surface area contributed by atoms with Gasteiger partial charge in [-0.05, 0) is 30.5 Å². The third-order valence-electron chi connectivity index (χ3n) is 3.26. The van der Waals surface area contributed by atoms with Crippen LogP contribution in [0.2, 0.25) is 0 Å². The van der Waals surface area contributed by atoms with Crippen LogP contribution in [0.4, 0.5) is 13.2 Å². The lowest BCUT2D eigenvalue weighted by atomic mass is 9.98. The Labute approximate surface area is 121 Å². The predicted molar refractivity (Wildman–Crippen MR) is 75.0 cm³/mol. The largest absolute Gasteiger partial charge is 0.411 e. The Morgan fingerprint density at radius 3 is 2.81 bits per heavy atom. The highest BCUT2D eigenvalue weighted by Gasteiger charge is 2.27. The molecule has 1 aromatic heterocycles. The second kappa shape index (κ2) is 6.87. The van der Waals surface area contributed by atoms with Crippen molar-refractivity contribution in [2.45, 2.75) is 18.6 Å². The van der Waals surface area contributed by atoms with Crippen molar-refractivity contribution in [1.82, 2.24) is 10.3 Å². The smallest absolute Gasteiger partial charge is 0.372 e. The first-order valence-electron chi connectivity index (χ1n) is 6.65. The monoisotopic (exact) mass is 298 g/mol. The molecule has 0 fully saturated rings. The van der Waals surface area contributed by atoms with Crippen LogP contribution >= 0.6 is 0 Å². The van der Waals surface area contributed by atoms with Gasteiger partial charge >= 0.3 is 6.18 Å². The second-order valence-electron chi connectivity index (χ2n) is 4.74. The first kappa shape index (κ1) is 15.7. The van der Waals surface area contributed by atoms with Crippen LogP contribution in [-0.2, 0) is 4.74 Å². The highest BCUT2D eigenvalue weighted by Crippen LogP contribution is 2.25. The maximum atomic E-state index is 12.0. The molecular formula is C15H17F3N2O. The molecule has 1 aromatic carbocycles. The zero-order chi connectivity index (χ0) is 15.3. The highest BCUT2D eigenvalue weighted by atomic mass is 19.4. The quantitative estimate of drug-likeness (QED) is 0.829. The van der Waals surface area contributed by atoms with E-state index in [0.717, 1.165) is 16.3 Å². The average molecular weight is 298 g/mol. The van der Waals surface area contributed by atoms with E-state index in [9.17, 15) is 13.2 Å². The van der Waals surface area contributed by atoms with Gasteiger partial charge in [0.05, 0.1) is 0 Å². The third-order valence-corrected chi connectivity index (χ3v) is 3.26. The van der Waals surface area contributed by atoms with Crippen LogP contribution in [0.3, 0.4) is 0 Å². The molecule has 21 heavy (non-hydrogen) atoms. The van der Waals surface area contributed by atoms with Crippen LogP contribution < -0.4 is 5.32 Å². The van der Waals surface area contributed by atoms with E-state index in [-0.39, 0.29) is 12.6 Å². The molecule has 0 aliphatic heterocycles. The van der Waals surface area contributed by atoms with Gasteiger partial charge in [0.2, 0.25) is 0 Å². The lowest BCUT2D eigenvalue weighted by Crippen LogP contribution is -2.21. The third kappa shape index (κ3) is 4.41. The molecule has 0 saturated carbocycles. The Bertz CT molecular complexity index is 581. The van der Waals surface area contributed by atoms with E-state index in [1.807, 2.05) is 24.3 Å². The highest BCUT2D eigenvalue weighted by molar-refractivity contribution is 5.85. The number of halogens is 3. The summed E-state index contributed by atoms with van der Waals surface area (Å²) >= 11 is 0. The molecule has 0 aliphatic carbocycles. The summed E-state index contributed by atoms with van der Waals surface area (Å²) in [4.78, 5) is 4.11. The number of hydrogen-bond acceptors (Lipinski definition) is 3. The van der Waals surface area contributed by atoms with E-state index >= 15 is 0 Å². The summed E-state index contributed by atoms with van der Waals surface area (Å²) in [6, 6.07) is 7.69. The summed E-state index contributed by atoms with van der Waals surface area (Å²) < 4.78 is 40.8. The van der Waals surface area contributed by atoms with Crippen molar-refractivity contribution in [3.8, 4) is 0 Å². The van der Waals surface area contributed by atoms with Crippen LogP contribution in [-0.4, -0.2) is 31.4 Å². The molecule has 1 heterocycles. The van der Waals surface area contributed by atoms with E-state index in [2.05, 4.69) is 15.0 Å². The Hall–Kier alpha value is -1.66. The van der Waals surface area contributed by atoms with E-state index in [1.165, 1.54) is 0 Å². The minimum Gasteiger partial charge on any atom is -0.372 e. The molecule has 114 valence electrons. The van der Waals surface area contributed by atoms with Gasteiger partial charge in [-0.15, -0.1) is 0 Å². The molecule has 3 nitrogen and oxygen atoms in total. The van der Waals surface area contributed by atoms with E-state index < -0.39 is 12.8 Å². The van der Waals surface area contributed by atoms with Crippen LogP contribution in [0, 0.1) is 0 Å². The van der Waals surface area contributed by atoms with Gasteiger partial charge in [-0.2, -0.15) is 13.2 Å². The molecule has 1 atom stereocenters. The summed E-state index contributed by atoms with van der Waals surface area (Å²) in [7, 11) is 1.78. The number of pyridine rings is 1. The van der Waals surface area contributed by atoms with E-state index in [4.69, 9.17) is 0 Å². The standard InChI is InChI=1S/C15H17F3N2O/c1-19-14(6-8-21-10-15(16,17)18)12-4-2-3-11-5-7-20-9-13(11)12/h2-5,7,9,14,19H,6,8,10H2,1H3. The first-order valence-corrected chi connectivity index (χ1v) is 6.65. The molecule has 0 bridgehead atoms. The van der Waals surface area contributed by atoms with E-state index in [1.54, 1.807) is 19.4 Å². The lowest BCUT2D eigenvalue weighted by Gasteiger charge is -2.19. The molecule has 0 spiro atoms. The molecular weight excluding hydrogens is 281 g/mol. The molecule has 0 aliphatic rings. The van der Waals surface area contributed by atoms with Gasteiger partial charge < -0.3 is 10.1 Å². The fraction of sp³-hybridized carbons (Fsp3) is 0.400. The van der Waals surface area contributed by atoms with Gasteiger partial charge in [0.1, 0.15) is 6.61 Å². The van der Waals surface area contributed by atoms with Crippen molar-refractivity contribution in [1.29, 1.82) is 0 Å². The Kier molecular flexibility index (Phi) is 5.14. The number of fused-ring (bicyclic) bond motifs is 1. The van der Waals surface area contributed by atoms with Crippen molar-refractivity contribution in [2.75, 3.05) is 20.3 Å². The lowest BCUT2D eigenvalue weighted by molar-refractivity contribution is -0.174. The number of benzene rings is 1. The Morgan fingerprint density at radius 1 is 1.29 bits per heavy atom. The topological polar surface area (TPSA) is 34.1 Å². The number of nitrogens with one attached hydrogen (secondary N) is 1. The van der Waals surface area contributed by atoms with Crippen LogP contribution in [0.25, 0.3) is 10.8 Å². The van der Waals surface area contributed by atoms with Crippen LogP contribution in [0.15, 0.2) is 36.7 Å². The van der Waals surface area contributed by atoms with Gasteiger partial charge in [0, 0.05) is 30.4 Å². The molecule has 0 saturated heterocycles. The van der Waals surface area contributed by atoms with Crippen molar-refractivity contribution < 1.29 is 17.9 Å². The summed E-state index contributed by atoms with van der Waals surface area (Å²) in [5.41, 5.74) is 1.01. The fourth-order valence-electron chi connectivity index (χ4n) is 2.29. The van der Waals surface area contributed by atoms with Gasteiger partial charge in [0.15, 0.2) is 0 Å². The molecule has 0 amide bonds. The zero-order valence-electron chi connectivity index (χ0n) is 11.7. The van der Waals surface area contributed by atoms with Gasteiger partial charge in [0.25, 0.3) is 0 Å². The van der Waals surface area contributed by atoms with Gasteiger partial charge in [-0.3, -0.25) is 4.98 Å². The Balaban J connectivity index is 2.06. The second-order valence-corrected chi connectivity index (χ2v) is 4.74.